The van der Waals surface area contributed by atoms with Crippen LogP contribution in [0.15, 0.2) is 66.8 Å². The summed E-state index contributed by atoms with van der Waals surface area (Å²) >= 11 is 1.26. The zero-order valence-electron chi connectivity index (χ0n) is 15.2. The van der Waals surface area contributed by atoms with Crippen molar-refractivity contribution in [3.63, 3.8) is 0 Å². The summed E-state index contributed by atoms with van der Waals surface area (Å²) in [5.41, 5.74) is 1.57. The van der Waals surface area contributed by atoms with Crippen molar-refractivity contribution in [2.75, 3.05) is 13.1 Å². The first kappa shape index (κ1) is 18.8. The summed E-state index contributed by atoms with van der Waals surface area (Å²) in [7, 11) is 0. The lowest BCUT2D eigenvalue weighted by Crippen LogP contribution is -2.31. The van der Waals surface area contributed by atoms with Gasteiger partial charge in [0, 0.05) is 13.1 Å². The molecule has 3 aromatic rings. The third-order valence-electron chi connectivity index (χ3n) is 4.29. The van der Waals surface area contributed by atoms with Gasteiger partial charge in [0.2, 0.25) is 0 Å². The lowest BCUT2D eigenvalue weighted by Gasteiger charge is -2.18. The minimum Gasteiger partial charge on any atom is -0.331 e. The van der Waals surface area contributed by atoms with Gasteiger partial charge in [0.1, 0.15) is 4.83 Å². The van der Waals surface area contributed by atoms with Crippen LogP contribution in [0, 0.1) is 6.92 Å². The van der Waals surface area contributed by atoms with Crippen LogP contribution in [0.3, 0.4) is 0 Å². The molecule has 0 saturated heterocycles. The Morgan fingerprint density at radius 1 is 1.22 bits per heavy atom. The van der Waals surface area contributed by atoms with Gasteiger partial charge in [0.05, 0.1) is 23.1 Å². The molecule has 1 amide bonds. The summed E-state index contributed by atoms with van der Waals surface area (Å²) < 4.78 is 1.58. The molecular formula is C21H21N3O2S. The molecule has 0 unspecified atom stereocenters. The number of carbonyl (C=O) groups excluding carboxylic acids is 1. The minimum absolute atomic E-state index is 0.129. The van der Waals surface area contributed by atoms with Crippen LogP contribution in [0.4, 0.5) is 0 Å². The van der Waals surface area contributed by atoms with Crippen LogP contribution in [-0.2, 0) is 6.54 Å². The smallest absolute Gasteiger partial charge is 0.264 e. The number of amides is 1. The molecule has 2 heterocycles. The van der Waals surface area contributed by atoms with Crippen molar-refractivity contribution in [2.45, 2.75) is 13.5 Å². The minimum atomic E-state index is -0.135. The van der Waals surface area contributed by atoms with Crippen LogP contribution < -0.4 is 5.56 Å². The first-order valence-corrected chi connectivity index (χ1v) is 9.42. The molecule has 0 aliphatic rings. The average molecular weight is 379 g/mol. The Labute approximate surface area is 161 Å². The number of nitrogens with zero attached hydrogens (tertiary/aromatic N) is 3. The molecule has 0 saturated carbocycles. The highest BCUT2D eigenvalue weighted by molar-refractivity contribution is 7.20. The highest BCUT2D eigenvalue weighted by Gasteiger charge is 2.22. The van der Waals surface area contributed by atoms with E-state index in [9.17, 15) is 9.59 Å². The molecule has 1 aromatic carbocycles. The fourth-order valence-electron chi connectivity index (χ4n) is 2.95. The summed E-state index contributed by atoms with van der Waals surface area (Å²) in [6.45, 7) is 10.5. The first-order chi connectivity index (χ1) is 13.1. The molecule has 0 bridgehead atoms. The molecule has 6 heteroatoms. The van der Waals surface area contributed by atoms with Crippen LogP contribution in [-0.4, -0.2) is 33.4 Å². The molecule has 0 spiro atoms. The molecule has 138 valence electrons. The molecule has 0 aliphatic heterocycles. The van der Waals surface area contributed by atoms with Gasteiger partial charge in [-0.25, -0.2) is 4.98 Å². The number of aryl methyl sites for hydroxylation is 1. The Kier molecular flexibility index (Phi) is 5.66. The van der Waals surface area contributed by atoms with Crippen molar-refractivity contribution in [3.05, 3.63) is 88.3 Å². The van der Waals surface area contributed by atoms with Crippen molar-refractivity contribution < 1.29 is 4.79 Å². The van der Waals surface area contributed by atoms with E-state index in [2.05, 4.69) is 18.1 Å². The van der Waals surface area contributed by atoms with E-state index in [1.807, 2.05) is 37.3 Å². The third-order valence-corrected chi connectivity index (χ3v) is 5.48. The number of thiophene rings is 1. The highest BCUT2D eigenvalue weighted by Crippen LogP contribution is 2.28. The monoisotopic (exact) mass is 379 g/mol. The van der Waals surface area contributed by atoms with Gasteiger partial charge in [0.25, 0.3) is 11.5 Å². The van der Waals surface area contributed by atoms with Crippen LogP contribution in [0.1, 0.15) is 20.8 Å². The van der Waals surface area contributed by atoms with E-state index < -0.39 is 0 Å². The molecule has 0 N–H and O–H groups in total. The van der Waals surface area contributed by atoms with Gasteiger partial charge < -0.3 is 4.90 Å². The number of carbonyl (C=O) groups is 1. The van der Waals surface area contributed by atoms with Gasteiger partial charge in [0.15, 0.2) is 0 Å². The maximum Gasteiger partial charge on any atom is 0.264 e. The zero-order valence-corrected chi connectivity index (χ0v) is 16.0. The zero-order chi connectivity index (χ0) is 19.4. The van der Waals surface area contributed by atoms with E-state index in [1.54, 1.807) is 27.9 Å². The van der Waals surface area contributed by atoms with E-state index in [4.69, 9.17) is 0 Å². The maximum absolute atomic E-state index is 13.0. The summed E-state index contributed by atoms with van der Waals surface area (Å²) in [6, 6.07) is 9.75. The number of hydrogen-bond acceptors (Lipinski definition) is 4. The highest BCUT2D eigenvalue weighted by atomic mass is 32.1. The Morgan fingerprint density at radius 2 is 1.89 bits per heavy atom. The van der Waals surface area contributed by atoms with Gasteiger partial charge in [-0.3, -0.25) is 14.2 Å². The van der Waals surface area contributed by atoms with E-state index in [-0.39, 0.29) is 11.5 Å². The molecule has 2 aromatic heterocycles. The summed E-state index contributed by atoms with van der Waals surface area (Å²) in [5, 5.41) is 0.513. The van der Waals surface area contributed by atoms with E-state index in [0.717, 1.165) is 5.56 Å². The average Bonchev–Trinajstić information content (AvgIpc) is 3.01. The third kappa shape index (κ3) is 3.75. The SMILES string of the molecule is C=CCN(CC=C)C(=O)c1sc2ncn(Cc3ccccc3)c(=O)c2c1C. The molecule has 0 atom stereocenters. The summed E-state index contributed by atoms with van der Waals surface area (Å²) in [5.74, 6) is -0.135. The second kappa shape index (κ2) is 8.14. The molecule has 0 radical (unpaired) electrons. The quantitative estimate of drug-likeness (QED) is 0.589. The van der Waals surface area contributed by atoms with Crippen molar-refractivity contribution in [1.29, 1.82) is 0 Å². The molecule has 0 aliphatic carbocycles. The number of rotatable bonds is 7. The predicted octanol–water partition coefficient (Wildman–Crippen LogP) is 3.63. The Bertz CT molecular complexity index is 1040. The number of hydrogen-bond donors (Lipinski definition) is 0. The van der Waals surface area contributed by atoms with Crippen LogP contribution in [0.25, 0.3) is 10.2 Å². The lowest BCUT2D eigenvalue weighted by atomic mass is 10.2. The molecule has 5 nitrogen and oxygen atoms in total. The largest absolute Gasteiger partial charge is 0.331 e. The standard InChI is InChI=1S/C21H21N3O2S/c1-4-11-23(12-5-2)21(26)18-15(3)17-19(27-18)22-14-24(20(17)25)13-16-9-7-6-8-10-16/h4-10,14H,1-2,11-13H2,3H3. The topological polar surface area (TPSA) is 55.2 Å². The van der Waals surface area contributed by atoms with Crippen LogP contribution in [0.2, 0.25) is 0 Å². The Balaban J connectivity index is 2.03. The van der Waals surface area contributed by atoms with Gasteiger partial charge in [-0.15, -0.1) is 24.5 Å². The van der Waals surface area contributed by atoms with Gasteiger partial charge in [-0.1, -0.05) is 42.5 Å². The van der Waals surface area contributed by atoms with Crippen molar-refractivity contribution >= 4 is 27.5 Å². The van der Waals surface area contributed by atoms with E-state index >= 15 is 0 Å². The fourth-order valence-corrected chi connectivity index (χ4v) is 4.06. The lowest BCUT2D eigenvalue weighted by molar-refractivity contribution is 0.0795. The van der Waals surface area contributed by atoms with Crippen LogP contribution in [0.5, 0.6) is 0 Å². The molecule has 27 heavy (non-hydrogen) atoms. The van der Waals surface area contributed by atoms with Crippen molar-refractivity contribution in [2.24, 2.45) is 0 Å². The second-order valence-electron chi connectivity index (χ2n) is 6.19. The van der Waals surface area contributed by atoms with Gasteiger partial charge >= 0.3 is 0 Å². The van der Waals surface area contributed by atoms with Crippen molar-refractivity contribution in [1.82, 2.24) is 14.5 Å². The van der Waals surface area contributed by atoms with E-state index in [1.165, 1.54) is 11.3 Å². The number of fused-ring (bicyclic) bond motifs is 1. The number of aromatic nitrogens is 2. The van der Waals surface area contributed by atoms with Crippen molar-refractivity contribution in [3.8, 4) is 0 Å². The normalized spacial score (nSPS) is 10.7. The predicted molar refractivity (Wildman–Crippen MR) is 110 cm³/mol. The second-order valence-corrected chi connectivity index (χ2v) is 7.19. The molecule has 3 rings (SSSR count). The van der Waals surface area contributed by atoms with E-state index in [0.29, 0.717) is 40.3 Å². The first-order valence-electron chi connectivity index (χ1n) is 8.60. The van der Waals surface area contributed by atoms with Gasteiger partial charge in [-0.2, -0.15) is 0 Å². The summed E-state index contributed by atoms with van der Waals surface area (Å²) in [6.07, 6.45) is 4.90. The van der Waals surface area contributed by atoms with Crippen LogP contribution >= 0.6 is 11.3 Å². The Morgan fingerprint density at radius 3 is 2.52 bits per heavy atom. The molecule has 0 fully saturated rings. The summed E-state index contributed by atoms with van der Waals surface area (Å²) in [4.78, 5) is 33.1. The fraction of sp³-hybridized carbons (Fsp3) is 0.190. The Hall–Kier alpha value is -2.99. The maximum atomic E-state index is 13.0. The number of benzene rings is 1. The molecular weight excluding hydrogens is 358 g/mol. The van der Waals surface area contributed by atoms with Gasteiger partial charge in [-0.05, 0) is 18.1 Å².